The molecule has 0 bridgehead atoms. The second kappa shape index (κ2) is 9.32. The molecule has 0 N–H and O–H groups in total. The Morgan fingerprint density at radius 1 is 1.00 bits per heavy atom. The Bertz CT molecular complexity index is 240. The summed E-state index contributed by atoms with van der Waals surface area (Å²) in [5, 5.41) is 0. The highest BCUT2D eigenvalue weighted by Crippen LogP contribution is 2.11. The maximum absolute atomic E-state index is 2.44. The maximum atomic E-state index is 2.44. The first-order valence-electron chi connectivity index (χ1n) is 7.41. The van der Waals surface area contributed by atoms with Crippen molar-refractivity contribution in [2.45, 2.75) is 65.2 Å². The summed E-state index contributed by atoms with van der Waals surface area (Å²) >= 11 is 0. The number of allylic oxidation sites excluding steroid dienone is 2. The second-order valence-electron chi connectivity index (χ2n) is 5.30. The molecule has 0 saturated carbocycles. The van der Waals surface area contributed by atoms with E-state index in [1.54, 1.807) is 0 Å². The van der Waals surface area contributed by atoms with Crippen molar-refractivity contribution in [1.82, 2.24) is 4.90 Å². The first-order chi connectivity index (χ1) is 8.33. The van der Waals surface area contributed by atoms with Crippen LogP contribution < -0.4 is 0 Å². The van der Waals surface area contributed by atoms with Gasteiger partial charge >= 0.3 is 0 Å². The van der Waals surface area contributed by atoms with E-state index in [2.05, 4.69) is 37.1 Å². The van der Waals surface area contributed by atoms with Crippen LogP contribution in [0.4, 0.5) is 0 Å². The van der Waals surface area contributed by atoms with E-state index in [9.17, 15) is 0 Å². The van der Waals surface area contributed by atoms with E-state index in [1.165, 1.54) is 63.5 Å². The van der Waals surface area contributed by atoms with Crippen molar-refractivity contribution < 1.29 is 0 Å². The van der Waals surface area contributed by atoms with Gasteiger partial charge in [-0.25, -0.2) is 0 Å². The molecule has 1 aliphatic heterocycles. The monoisotopic (exact) mass is 235 g/mol. The van der Waals surface area contributed by atoms with Gasteiger partial charge in [-0.1, -0.05) is 63.5 Å². The molecule has 1 heteroatoms. The normalized spacial score (nSPS) is 15.2. The summed E-state index contributed by atoms with van der Waals surface area (Å²) in [7, 11) is 0. The number of nitrogens with zero attached hydrogens (tertiary/aromatic N) is 1. The predicted molar refractivity (Wildman–Crippen MR) is 77.1 cm³/mol. The van der Waals surface area contributed by atoms with Crippen LogP contribution in [0.5, 0.6) is 0 Å². The molecule has 0 aromatic carbocycles. The molecule has 1 rings (SSSR count). The van der Waals surface area contributed by atoms with Crippen LogP contribution in [0.3, 0.4) is 0 Å². The largest absolute Gasteiger partial charge is 0.373 e. The zero-order valence-electron chi connectivity index (χ0n) is 11.8. The highest BCUT2D eigenvalue weighted by atomic mass is 15.1. The molecule has 0 unspecified atom stereocenters. The second-order valence-corrected chi connectivity index (χ2v) is 5.30. The Hall–Kier alpha value is -0.720. The summed E-state index contributed by atoms with van der Waals surface area (Å²) in [6, 6.07) is 0. The Balaban J connectivity index is 1.88. The van der Waals surface area contributed by atoms with Gasteiger partial charge in [-0.05, 0) is 25.6 Å². The molecule has 0 aromatic rings. The van der Waals surface area contributed by atoms with E-state index in [4.69, 9.17) is 0 Å². The lowest BCUT2D eigenvalue weighted by molar-refractivity contribution is 0.384. The van der Waals surface area contributed by atoms with E-state index in [0.29, 0.717) is 0 Å². The molecule has 17 heavy (non-hydrogen) atoms. The number of rotatable bonds is 9. The van der Waals surface area contributed by atoms with Gasteiger partial charge in [0.15, 0.2) is 0 Å². The quantitative estimate of drug-likeness (QED) is 0.514. The van der Waals surface area contributed by atoms with Crippen LogP contribution in [0.1, 0.15) is 65.2 Å². The van der Waals surface area contributed by atoms with Crippen LogP contribution in [-0.2, 0) is 0 Å². The maximum Gasteiger partial charge on any atom is 0.0383 e. The first kappa shape index (κ1) is 14.3. The lowest BCUT2D eigenvalue weighted by Gasteiger charge is -2.23. The summed E-state index contributed by atoms with van der Waals surface area (Å²) in [5.41, 5.74) is 1.48. The Morgan fingerprint density at radius 2 is 1.65 bits per heavy atom. The fourth-order valence-corrected chi connectivity index (χ4v) is 2.36. The zero-order chi connectivity index (χ0) is 12.3. The van der Waals surface area contributed by atoms with Crippen molar-refractivity contribution >= 4 is 0 Å². The molecule has 1 nitrogen and oxygen atoms in total. The summed E-state index contributed by atoms with van der Waals surface area (Å²) < 4.78 is 0. The van der Waals surface area contributed by atoms with E-state index < -0.39 is 0 Å². The predicted octanol–water partition coefficient (Wildman–Crippen LogP) is 4.90. The molecular weight excluding hydrogens is 206 g/mol. The third-order valence-electron chi connectivity index (χ3n) is 3.43. The summed E-state index contributed by atoms with van der Waals surface area (Å²) in [6.07, 6.45) is 17.9. The molecule has 0 aliphatic carbocycles. The third-order valence-corrected chi connectivity index (χ3v) is 3.43. The van der Waals surface area contributed by atoms with E-state index >= 15 is 0 Å². The molecule has 0 amide bonds. The standard InChI is InChI=1S/C16H29N/c1-3-4-5-6-7-8-9-10-13-17-14-11-12-16(2)15-17/h11-12,14H,3-10,13,15H2,1-2H3. The molecule has 1 heterocycles. The van der Waals surface area contributed by atoms with Crippen LogP contribution in [0.15, 0.2) is 23.9 Å². The van der Waals surface area contributed by atoms with Crippen molar-refractivity contribution in [3.63, 3.8) is 0 Å². The lowest BCUT2D eigenvalue weighted by Crippen LogP contribution is -2.22. The molecular formula is C16H29N. The molecule has 0 saturated heterocycles. The SMILES string of the molecule is CCCCCCCCCCN1C=CC=C(C)C1. The summed E-state index contributed by atoms with van der Waals surface area (Å²) in [4.78, 5) is 2.44. The fraction of sp³-hybridized carbons (Fsp3) is 0.750. The third kappa shape index (κ3) is 7.25. The Morgan fingerprint density at radius 3 is 2.29 bits per heavy atom. The smallest absolute Gasteiger partial charge is 0.0383 e. The van der Waals surface area contributed by atoms with Gasteiger partial charge in [0.25, 0.3) is 0 Å². The molecule has 0 fully saturated rings. The van der Waals surface area contributed by atoms with Gasteiger partial charge < -0.3 is 4.90 Å². The molecule has 1 aliphatic rings. The van der Waals surface area contributed by atoms with Crippen molar-refractivity contribution in [1.29, 1.82) is 0 Å². The minimum Gasteiger partial charge on any atom is -0.373 e. The number of unbranched alkanes of at least 4 members (excludes halogenated alkanes) is 7. The van der Waals surface area contributed by atoms with E-state index in [0.717, 1.165) is 6.54 Å². The van der Waals surface area contributed by atoms with Gasteiger partial charge in [0.1, 0.15) is 0 Å². The summed E-state index contributed by atoms with van der Waals surface area (Å²) in [6.45, 7) is 6.86. The van der Waals surface area contributed by atoms with Crippen LogP contribution in [0, 0.1) is 0 Å². The van der Waals surface area contributed by atoms with Crippen LogP contribution in [0.2, 0.25) is 0 Å². The average molecular weight is 235 g/mol. The average Bonchev–Trinajstić information content (AvgIpc) is 2.33. The topological polar surface area (TPSA) is 3.24 Å². The minimum absolute atomic E-state index is 1.13. The van der Waals surface area contributed by atoms with Crippen LogP contribution >= 0.6 is 0 Å². The zero-order valence-corrected chi connectivity index (χ0v) is 11.8. The highest BCUT2D eigenvalue weighted by Gasteiger charge is 2.02. The first-order valence-corrected chi connectivity index (χ1v) is 7.41. The van der Waals surface area contributed by atoms with Crippen molar-refractivity contribution in [2.24, 2.45) is 0 Å². The van der Waals surface area contributed by atoms with Crippen molar-refractivity contribution in [3.05, 3.63) is 23.9 Å². The van der Waals surface area contributed by atoms with Gasteiger partial charge in [0.05, 0.1) is 0 Å². The molecule has 0 atom stereocenters. The van der Waals surface area contributed by atoms with Gasteiger partial charge in [0, 0.05) is 13.1 Å². The van der Waals surface area contributed by atoms with Crippen molar-refractivity contribution in [2.75, 3.05) is 13.1 Å². The molecule has 0 radical (unpaired) electrons. The molecule has 0 spiro atoms. The minimum atomic E-state index is 1.13. The van der Waals surface area contributed by atoms with E-state index in [1.807, 2.05) is 0 Å². The molecule has 98 valence electrons. The van der Waals surface area contributed by atoms with Crippen LogP contribution in [-0.4, -0.2) is 18.0 Å². The van der Waals surface area contributed by atoms with Crippen molar-refractivity contribution in [3.8, 4) is 0 Å². The lowest BCUT2D eigenvalue weighted by atomic mass is 10.1. The Labute approximate surface area is 108 Å². The van der Waals surface area contributed by atoms with Gasteiger partial charge in [-0.15, -0.1) is 0 Å². The number of hydrogen-bond donors (Lipinski definition) is 0. The van der Waals surface area contributed by atoms with Gasteiger partial charge in [-0.3, -0.25) is 0 Å². The van der Waals surface area contributed by atoms with Gasteiger partial charge in [0.2, 0.25) is 0 Å². The summed E-state index contributed by atoms with van der Waals surface area (Å²) in [5.74, 6) is 0. The Kier molecular flexibility index (Phi) is 7.87. The number of hydrogen-bond acceptors (Lipinski definition) is 1. The fourth-order valence-electron chi connectivity index (χ4n) is 2.36. The van der Waals surface area contributed by atoms with Crippen LogP contribution in [0.25, 0.3) is 0 Å². The van der Waals surface area contributed by atoms with Gasteiger partial charge in [-0.2, -0.15) is 0 Å². The highest BCUT2D eigenvalue weighted by molar-refractivity contribution is 5.16. The van der Waals surface area contributed by atoms with E-state index in [-0.39, 0.29) is 0 Å². The molecule has 0 aromatic heterocycles.